The van der Waals surface area contributed by atoms with E-state index in [1.165, 1.54) is 6.33 Å². The monoisotopic (exact) mass is 316 g/mol. The number of anilines is 1. The number of hydrogen-bond donors (Lipinski definition) is 2. The number of aromatic nitrogens is 4. The van der Waals surface area contributed by atoms with Gasteiger partial charge in [-0.1, -0.05) is 23.7 Å². The van der Waals surface area contributed by atoms with Crippen LogP contribution in [0.1, 0.15) is 13.8 Å². The van der Waals surface area contributed by atoms with Gasteiger partial charge in [-0.05, 0) is 26.0 Å². The van der Waals surface area contributed by atoms with Gasteiger partial charge in [0.2, 0.25) is 0 Å². The van der Waals surface area contributed by atoms with Crippen LogP contribution in [0.2, 0.25) is 5.02 Å². The van der Waals surface area contributed by atoms with E-state index in [-0.39, 0.29) is 5.54 Å². The third-order valence-electron chi connectivity index (χ3n) is 3.68. The molecule has 0 radical (unpaired) electrons. The Bertz CT molecular complexity index is 822. The SMILES string of the molecule is CC(C)(CN)n1nc(-c2ccc(Cl)cc2)c2c(N)ncnc21. The molecule has 0 aliphatic carbocycles. The predicted molar refractivity (Wildman–Crippen MR) is 88.6 cm³/mol. The smallest absolute Gasteiger partial charge is 0.164 e. The molecule has 0 fully saturated rings. The molecule has 0 bridgehead atoms. The average molecular weight is 317 g/mol. The van der Waals surface area contributed by atoms with Crippen molar-refractivity contribution in [2.24, 2.45) is 5.73 Å². The highest BCUT2D eigenvalue weighted by molar-refractivity contribution is 6.30. The second kappa shape index (κ2) is 5.23. The van der Waals surface area contributed by atoms with Crippen molar-refractivity contribution in [3.05, 3.63) is 35.6 Å². The van der Waals surface area contributed by atoms with Gasteiger partial charge in [-0.25, -0.2) is 14.6 Å². The number of nitrogens with two attached hydrogens (primary N) is 2. The van der Waals surface area contributed by atoms with E-state index in [0.717, 1.165) is 16.6 Å². The Hall–Kier alpha value is -2.18. The summed E-state index contributed by atoms with van der Waals surface area (Å²) in [4.78, 5) is 8.44. The van der Waals surface area contributed by atoms with Gasteiger partial charge in [-0.2, -0.15) is 5.10 Å². The molecule has 4 N–H and O–H groups in total. The Morgan fingerprint density at radius 3 is 2.50 bits per heavy atom. The molecule has 0 amide bonds. The van der Waals surface area contributed by atoms with Crippen LogP contribution in [-0.4, -0.2) is 26.3 Å². The second-order valence-electron chi connectivity index (χ2n) is 5.74. The molecule has 0 saturated carbocycles. The van der Waals surface area contributed by atoms with Gasteiger partial charge in [0.25, 0.3) is 0 Å². The van der Waals surface area contributed by atoms with Crippen LogP contribution in [0.3, 0.4) is 0 Å². The number of hydrogen-bond acceptors (Lipinski definition) is 5. The average Bonchev–Trinajstić information content (AvgIpc) is 2.90. The number of nitrogen functional groups attached to an aromatic ring is 1. The van der Waals surface area contributed by atoms with Gasteiger partial charge in [0.1, 0.15) is 17.8 Å². The summed E-state index contributed by atoms with van der Waals surface area (Å²) >= 11 is 5.96. The maximum Gasteiger partial charge on any atom is 0.164 e. The molecule has 0 spiro atoms. The van der Waals surface area contributed by atoms with E-state index in [9.17, 15) is 0 Å². The Balaban J connectivity index is 2.33. The molecule has 22 heavy (non-hydrogen) atoms. The molecule has 114 valence electrons. The maximum atomic E-state index is 6.06. The minimum atomic E-state index is -0.385. The second-order valence-corrected chi connectivity index (χ2v) is 6.18. The highest BCUT2D eigenvalue weighted by Gasteiger charge is 2.26. The van der Waals surface area contributed by atoms with E-state index >= 15 is 0 Å². The highest BCUT2D eigenvalue weighted by Crippen LogP contribution is 2.33. The zero-order chi connectivity index (χ0) is 15.9. The van der Waals surface area contributed by atoms with E-state index in [4.69, 9.17) is 28.2 Å². The van der Waals surface area contributed by atoms with Crippen LogP contribution < -0.4 is 11.5 Å². The van der Waals surface area contributed by atoms with Gasteiger partial charge < -0.3 is 11.5 Å². The Morgan fingerprint density at radius 1 is 1.18 bits per heavy atom. The van der Waals surface area contributed by atoms with Crippen molar-refractivity contribution in [1.29, 1.82) is 0 Å². The van der Waals surface area contributed by atoms with Crippen LogP contribution in [0, 0.1) is 0 Å². The molecule has 2 aromatic heterocycles. The van der Waals surface area contributed by atoms with Gasteiger partial charge in [0.05, 0.1) is 10.9 Å². The minimum absolute atomic E-state index is 0.385. The summed E-state index contributed by atoms with van der Waals surface area (Å²) in [5, 5.41) is 6.10. The molecular formula is C15H17ClN6. The van der Waals surface area contributed by atoms with Gasteiger partial charge in [-0.15, -0.1) is 0 Å². The van der Waals surface area contributed by atoms with Crippen LogP contribution in [0.4, 0.5) is 5.82 Å². The number of fused-ring (bicyclic) bond motifs is 1. The first-order valence-corrected chi connectivity index (χ1v) is 7.27. The van der Waals surface area contributed by atoms with E-state index in [1.807, 2.05) is 42.8 Å². The maximum absolute atomic E-state index is 6.06. The van der Waals surface area contributed by atoms with Crippen molar-refractivity contribution in [2.75, 3.05) is 12.3 Å². The van der Waals surface area contributed by atoms with Crippen LogP contribution in [-0.2, 0) is 5.54 Å². The Labute approximate surface area is 133 Å². The third-order valence-corrected chi connectivity index (χ3v) is 3.94. The van der Waals surface area contributed by atoms with Gasteiger partial charge in [0.15, 0.2) is 5.65 Å². The fourth-order valence-electron chi connectivity index (χ4n) is 2.29. The Morgan fingerprint density at radius 2 is 1.86 bits per heavy atom. The normalized spacial score (nSPS) is 12.0. The fourth-order valence-corrected chi connectivity index (χ4v) is 2.42. The van der Waals surface area contributed by atoms with E-state index in [0.29, 0.717) is 23.0 Å². The zero-order valence-corrected chi connectivity index (χ0v) is 13.2. The van der Waals surface area contributed by atoms with Gasteiger partial charge in [0, 0.05) is 17.1 Å². The molecule has 0 atom stereocenters. The molecule has 0 saturated heterocycles. The first kappa shape index (κ1) is 14.7. The third kappa shape index (κ3) is 2.30. The lowest BCUT2D eigenvalue weighted by Crippen LogP contribution is -2.36. The molecule has 0 aliphatic heterocycles. The summed E-state index contributed by atoms with van der Waals surface area (Å²) in [6, 6.07) is 7.43. The van der Waals surface area contributed by atoms with E-state index in [2.05, 4.69) is 9.97 Å². The molecule has 3 rings (SSSR count). The van der Waals surface area contributed by atoms with E-state index in [1.54, 1.807) is 0 Å². The minimum Gasteiger partial charge on any atom is -0.383 e. The van der Waals surface area contributed by atoms with Crippen molar-refractivity contribution in [3.63, 3.8) is 0 Å². The Kier molecular flexibility index (Phi) is 3.50. The number of halogens is 1. The lowest BCUT2D eigenvalue weighted by molar-refractivity contribution is 0.340. The molecule has 0 aliphatic rings. The number of rotatable bonds is 3. The molecule has 2 heterocycles. The zero-order valence-electron chi connectivity index (χ0n) is 12.4. The fraction of sp³-hybridized carbons (Fsp3) is 0.267. The standard InChI is InChI=1S/C15H17ClN6/c1-15(2,7-17)22-14-11(13(18)19-8-20-14)12(21-22)9-3-5-10(16)6-4-9/h3-6,8H,7,17H2,1-2H3,(H2,18,19,20). The topological polar surface area (TPSA) is 95.6 Å². The summed E-state index contributed by atoms with van der Waals surface area (Å²) in [6.45, 7) is 4.43. The lowest BCUT2D eigenvalue weighted by atomic mass is 10.1. The molecular weight excluding hydrogens is 300 g/mol. The summed E-state index contributed by atoms with van der Waals surface area (Å²) < 4.78 is 1.81. The molecule has 1 aromatic carbocycles. The van der Waals surface area contributed by atoms with Crippen molar-refractivity contribution in [2.45, 2.75) is 19.4 Å². The van der Waals surface area contributed by atoms with Crippen molar-refractivity contribution in [3.8, 4) is 11.3 Å². The van der Waals surface area contributed by atoms with Gasteiger partial charge >= 0.3 is 0 Å². The molecule has 6 nitrogen and oxygen atoms in total. The van der Waals surface area contributed by atoms with E-state index < -0.39 is 0 Å². The number of nitrogens with zero attached hydrogens (tertiary/aromatic N) is 4. The van der Waals surface area contributed by atoms with Crippen LogP contribution in [0.5, 0.6) is 0 Å². The first-order chi connectivity index (χ1) is 10.4. The molecule has 0 unspecified atom stereocenters. The molecule has 3 aromatic rings. The number of benzene rings is 1. The predicted octanol–water partition coefficient (Wildman–Crippen LogP) is 2.42. The van der Waals surface area contributed by atoms with Crippen molar-refractivity contribution < 1.29 is 0 Å². The summed E-state index contributed by atoms with van der Waals surface area (Å²) in [5.74, 6) is 0.397. The van der Waals surface area contributed by atoms with Crippen molar-refractivity contribution >= 4 is 28.5 Å². The quantitative estimate of drug-likeness (QED) is 0.773. The van der Waals surface area contributed by atoms with Gasteiger partial charge in [-0.3, -0.25) is 0 Å². The van der Waals surface area contributed by atoms with Crippen LogP contribution in [0.25, 0.3) is 22.3 Å². The summed E-state index contributed by atoms with van der Waals surface area (Å²) in [7, 11) is 0. The lowest BCUT2D eigenvalue weighted by Gasteiger charge is -2.23. The largest absolute Gasteiger partial charge is 0.383 e. The van der Waals surface area contributed by atoms with Crippen LogP contribution >= 0.6 is 11.6 Å². The first-order valence-electron chi connectivity index (χ1n) is 6.90. The van der Waals surface area contributed by atoms with Crippen molar-refractivity contribution in [1.82, 2.24) is 19.7 Å². The van der Waals surface area contributed by atoms with Crippen LogP contribution in [0.15, 0.2) is 30.6 Å². The molecule has 7 heteroatoms. The summed E-state index contributed by atoms with van der Waals surface area (Å²) in [6.07, 6.45) is 1.44. The highest BCUT2D eigenvalue weighted by atomic mass is 35.5. The summed E-state index contributed by atoms with van der Waals surface area (Å²) in [5.41, 5.74) is 13.9.